The number of aromatic nitrogens is 2. The normalized spacial score (nSPS) is 14.5. The molecule has 8 heteroatoms. The number of rotatable bonds is 6. The number of likely N-dealkylation sites (tertiary alicyclic amines) is 1. The number of ether oxygens (including phenoxy) is 1. The number of hydrogen-bond donors (Lipinski definition) is 0. The molecule has 0 aliphatic carbocycles. The van der Waals surface area contributed by atoms with Crippen LogP contribution in [-0.4, -0.2) is 47.1 Å². The van der Waals surface area contributed by atoms with Gasteiger partial charge in [0.15, 0.2) is 0 Å². The summed E-state index contributed by atoms with van der Waals surface area (Å²) in [6, 6.07) is 6.63. The maximum atomic E-state index is 10.9. The number of halogens is 1. The predicted octanol–water partition coefficient (Wildman–Crippen LogP) is -0.971. The van der Waals surface area contributed by atoms with Crippen molar-refractivity contribution in [3.8, 4) is 17.0 Å². The summed E-state index contributed by atoms with van der Waals surface area (Å²) >= 11 is 6.29. The fourth-order valence-corrected chi connectivity index (χ4v) is 3.11. The van der Waals surface area contributed by atoms with E-state index in [9.17, 15) is 9.90 Å². The van der Waals surface area contributed by atoms with Gasteiger partial charge >= 0.3 is 29.6 Å². The molecule has 0 unspecified atom stereocenters. The topological polar surface area (TPSA) is 78.4 Å². The van der Waals surface area contributed by atoms with Crippen molar-refractivity contribution in [1.29, 1.82) is 0 Å². The maximum absolute atomic E-state index is 10.9. The van der Waals surface area contributed by atoms with E-state index in [2.05, 4.69) is 14.9 Å². The molecule has 0 saturated carbocycles. The first kappa shape index (κ1) is 21.1. The van der Waals surface area contributed by atoms with Gasteiger partial charge in [-0.15, -0.1) is 0 Å². The first-order valence-corrected chi connectivity index (χ1v) is 8.70. The van der Waals surface area contributed by atoms with E-state index in [-0.39, 0.29) is 35.3 Å². The van der Waals surface area contributed by atoms with E-state index >= 15 is 0 Å². The van der Waals surface area contributed by atoms with E-state index in [1.165, 1.54) is 31.7 Å². The van der Waals surface area contributed by atoms with Crippen LogP contribution in [-0.2, 0) is 0 Å². The molecule has 26 heavy (non-hydrogen) atoms. The number of nitrogens with zero attached hydrogens (tertiary/aromatic N) is 3. The summed E-state index contributed by atoms with van der Waals surface area (Å²) in [5, 5.41) is 11.4. The van der Waals surface area contributed by atoms with E-state index in [0.717, 1.165) is 19.6 Å². The molecule has 1 aliphatic rings. The molecule has 0 N–H and O–H groups in total. The molecular weight excluding hydrogens is 365 g/mol. The van der Waals surface area contributed by atoms with Gasteiger partial charge < -0.3 is 14.6 Å². The molecule has 0 amide bonds. The summed E-state index contributed by atoms with van der Waals surface area (Å²) in [5.74, 6) is -0.732. The van der Waals surface area contributed by atoms with Gasteiger partial charge in [0.25, 0.3) is 0 Å². The molecule has 132 valence electrons. The summed E-state index contributed by atoms with van der Waals surface area (Å²) < 4.78 is 5.78. The van der Waals surface area contributed by atoms with Crippen molar-refractivity contribution in [3.05, 3.63) is 41.3 Å². The van der Waals surface area contributed by atoms with Crippen molar-refractivity contribution in [2.24, 2.45) is 0 Å². The number of carbonyl (C=O) groups excluding carboxylic acids is 1. The molecule has 0 atom stereocenters. The van der Waals surface area contributed by atoms with Crippen LogP contribution in [0.5, 0.6) is 5.75 Å². The third-order valence-corrected chi connectivity index (χ3v) is 4.51. The predicted molar refractivity (Wildman–Crippen MR) is 92.6 cm³/mol. The minimum Gasteiger partial charge on any atom is -0.543 e. The van der Waals surface area contributed by atoms with Gasteiger partial charge in [0.05, 0.1) is 22.4 Å². The quantitative estimate of drug-likeness (QED) is 0.597. The first-order valence-electron chi connectivity index (χ1n) is 8.32. The van der Waals surface area contributed by atoms with E-state index in [1.54, 1.807) is 18.2 Å². The van der Waals surface area contributed by atoms with Crippen LogP contribution in [0.15, 0.2) is 30.6 Å². The Morgan fingerprint density at radius 1 is 1.19 bits per heavy atom. The minimum absolute atomic E-state index is 0. The Bertz CT molecular complexity index is 754. The fourth-order valence-electron chi connectivity index (χ4n) is 2.87. The summed E-state index contributed by atoms with van der Waals surface area (Å²) in [6.07, 6.45) is 5.01. The molecule has 1 aliphatic heterocycles. The molecule has 1 aromatic carbocycles. The van der Waals surface area contributed by atoms with Crippen molar-refractivity contribution in [3.63, 3.8) is 0 Å². The number of hydrogen-bond acceptors (Lipinski definition) is 6. The average Bonchev–Trinajstić information content (AvgIpc) is 2.64. The smallest absolute Gasteiger partial charge is 0.543 e. The van der Waals surface area contributed by atoms with Gasteiger partial charge in [-0.25, -0.2) is 9.97 Å². The second kappa shape index (κ2) is 10.2. The molecule has 2 heterocycles. The molecule has 6 nitrogen and oxygen atoms in total. The van der Waals surface area contributed by atoms with Gasteiger partial charge in [0, 0.05) is 12.1 Å². The third kappa shape index (κ3) is 5.66. The molecule has 1 aromatic heterocycles. The van der Waals surface area contributed by atoms with Crippen LogP contribution >= 0.6 is 11.6 Å². The van der Waals surface area contributed by atoms with E-state index < -0.39 is 5.97 Å². The van der Waals surface area contributed by atoms with Crippen molar-refractivity contribution in [2.75, 3.05) is 26.2 Å². The summed E-state index contributed by atoms with van der Waals surface area (Å²) in [6.45, 7) is 3.73. The van der Waals surface area contributed by atoms with Crippen LogP contribution in [0, 0.1) is 0 Å². The molecular formula is C18H19ClN3NaO3. The maximum Gasteiger partial charge on any atom is 1.00 e. The second-order valence-electron chi connectivity index (χ2n) is 5.97. The number of carboxylic acids is 1. The third-order valence-electron chi connectivity index (χ3n) is 4.22. The van der Waals surface area contributed by atoms with E-state index in [0.29, 0.717) is 28.6 Å². The Hall–Kier alpha value is -1.18. The SMILES string of the molecule is O=C([O-])c1cc(-c2ccc(OCCN3CCCCC3)c(Cl)c2)ncn1.[Na+]. The van der Waals surface area contributed by atoms with Crippen molar-refractivity contribution < 1.29 is 44.2 Å². The zero-order valence-corrected chi connectivity index (χ0v) is 17.5. The zero-order chi connectivity index (χ0) is 17.6. The second-order valence-corrected chi connectivity index (χ2v) is 6.38. The minimum atomic E-state index is -1.34. The Morgan fingerprint density at radius 2 is 1.96 bits per heavy atom. The molecule has 1 fully saturated rings. The molecule has 3 rings (SSSR count). The Labute approximate surface area is 179 Å². The standard InChI is InChI=1S/C18H20ClN3O3.Na/c19-14-10-13(15-11-16(18(23)24)21-12-20-15)4-5-17(14)25-9-8-22-6-2-1-3-7-22;/h4-5,10-12H,1-3,6-9H2,(H,23,24);/q;+1/p-1. The van der Waals surface area contributed by atoms with Gasteiger partial charge in [-0.3, -0.25) is 4.90 Å². The molecule has 0 spiro atoms. The van der Waals surface area contributed by atoms with Gasteiger partial charge in [-0.2, -0.15) is 0 Å². The van der Waals surface area contributed by atoms with Gasteiger partial charge in [-0.1, -0.05) is 18.0 Å². The van der Waals surface area contributed by atoms with Gasteiger partial charge in [-0.05, 0) is 50.2 Å². The number of piperidine rings is 1. The van der Waals surface area contributed by atoms with Crippen LogP contribution in [0.3, 0.4) is 0 Å². The summed E-state index contributed by atoms with van der Waals surface area (Å²) in [4.78, 5) is 21.0. The Morgan fingerprint density at radius 3 is 2.65 bits per heavy atom. The molecule has 0 bridgehead atoms. The van der Waals surface area contributed by atoms with E-state index in [1.807, 2.05) is 0 Å². The fraction of sp³-hybridized carbons (Fsp3) is 0.389. The zero-order valence-electron chi connectivity index (χ0n) is 14.8. The van der Waals surface area contributed by atoms with E-state index in [4.69, 9.17) is 16.3 Å². The first-order chi connectivity index (χ1) is 12.1. The number of benzene rings is 1. The van der Waals surface area contributed by atoms with Crippen LogP contribution in [0.4, 0.5) is 0 Å². The van der Waals surface area contributed by atoms with Crippen LogP contribution in [0.1, 0.15) is 29.8 Å². The number of aromatic carboxylic acids is 1. The largest absolute Gasteiger partial charge is 1.00 e. The molecule has 0 radical (unpaired) electrons. The van der Waals surface area contributed by atoms with Crippen LogP contribution < -0.4 is 39.4 Å². The van der Waals surface area contributed by atoms with Gasteiger partial charge in [0.2, 0.25) is 0 Å². The monoisotopic (exact) mass is 383 g/mol. The van der Waals surface area contributed by atoms with Crippen LogP contribution in [0.2, 0.25) is 5.02 Å². The van der Waals surface area contributed by atoms with Crippen molar-refractivity contribution in [2.45, 2.75) is 19.3 Å². The van der Waals surface area contributed by atoms with Crippen LogP contribution in [0.25, 0.3) is 11.3 Å². The number of carboxylic acid groups (broad SMARTS) is 1. The Balaban J connectivity index is 0.00000243. The number of carbonyl (C=O) groups is 1. The average molecular weight is 384 g/mol. The Kier molecular flexibility index (Phi) is 8.31. The summed E-state index contributed by atoms with van der Waals surface area (Å²) in [7, 11) is 0. The van der Waals surface area contributed by atoms with Gasteiger partial charge in [0.1, 0.15) is 18.7 Å². The molecule has 1 saturated heterocycles. The summed E-state index contributed by atoms with van der Waals surface area (Å²) in [5.41, 5.74) is 0.997. The van der Waals surface area contributed by atoms with Crippen molar-refractivity contribution >= 4 is 17.6 Å². The van der Waals surface area contributed by atoms with Crippen molar-refractivity contribution in [1.82, 2.24) is 14.9 Å². The molecule has 2 aromatic rings.